The summed E-state index contributed by atoms with van der Waals surface area (Å²) in [4.78, 5) is 12.4. The van der Waals surface area contributed by atoms with E-state index in [4.69, 9.17) is 9.47 Å². The van der Waals surface area contributed by atoms with Gasteiger partial charge in [0.25, 0.3) is 0 Å². The Bertz CT molecular complexity index is 135. The predicted octanol–water partition coefficient (Wildman–Crippen LogP) is -0.123. The highest BCUT2D eigenvalue weighted by molar-refractivity contribution is 5.73. The summed E-state index contributed by atoms with van der Waals surface area (Å²) in [6, 6.07) is -0.158. The summed E-state index contributed by atoms with van der Waals surface area (Å²) >= 11 is 0. The lowest BCUT2D eigenvalue weighted by molar-refractivity contribution is -0.0974. The van der Waals surface area contributed by atoms with Crippen molar-refractivity contribution in [3.63, 3.8) is 0 Å². The van der Waals surface area contributed by atoms with Gasteiger partial charge in [-0.25, -0.2) is 4.79 Å². The second kappa shape index (κ2) is 5.79. The lowest BCUT2D eigenvalue weighted by atomic mass is 10.6. The van der Waals surface area contributed by atoms with Crippen molar-refractivity contribution < 1.29 is 14.3 Å². The van der Waals surface area contributed by atoms with Crippen LogP contribution >= 0.6 is 0 Å². The molecule has 12 heavy (non-hydrogen) atoms. The lowest BCUT2D eigenvalue weighted by Gasteiger charge is -2.16. The van der Waals surface area contributed by atoms with E-state index in [0.717, 1.165) is 0 Å². The van der Waals surface area contributed by atoms with Crippen LogP contribution in [0.1, 0.15) is 0 Å². The van der Waals surface area contributed by atoms with E-state index in [2.05, 4.69) is 5.32 Å². The largest absolute Gasteiger partial charge is 0.354 e. The van der Waals surface area contributed by atoms with Gasteiger partial charge in [0.15, 0.2) is 6.29 Å². The molecule has 0 aromatic heterocycles. The van der Waals surface area contributed by atoms with E-state index in [1.807, 2.05) is 0 Å². The van der Waals surface area contributed by atoms with Crippen molar-refractivity contribution in [2.45, 2.75) is 6.29 Å². The fourth-order valence-electron chi connectivity index (χ4n) is 0.592. The molecule has 0 unspecified atom stereocenters. The third-order valence-corrected chi connectivity index (χ3v) is 1.35. The molecule has 72 valence electrons. The number of ether oxygens (including phenoxy) is 2. The van der Waals surface area contributed by atoms with E-state index in [0.29, 0.717) is 6.54 Å². The maximum Gasteiger partial charge on any atom is 0.317 e. The number of urea groups is 1. The van der Waals surface area contributed by atoms with Crippen LogP contribution in [0.4, 0.5) is 4.79 Å². The number of hydrogen-bond acceptors (Lipinski definition) is 3. The first-order valence-corrected chi connectivity index (χ1v) is 3.62. The Morgan fingerprint density at radius 2 is 1.92 bits per heavy atom. The van der Waals surface area contributed by atoms with Crippen molar-refractivity contribution in [1.29, 1.82) is 0 Å². The van der Waals surface area contributed by atoms with Crippen molar-refractivity contribution in [1.82, 2.24) is 10.2 Å². The zero-order valence-corrected chi connectivity index (χ0v) is 7.96. The minimum absolute atomic E-state index is 0.158. The van der Waals surface area contributed by atoms with Crippen molar-refractivity contribution in [2.24, 2.45) is 0 Å². The van der Waals surface area contributed by atoms with E-state index in [1.54, 1.807) is 14.1 Å². The number of nitrogens with one attached hydrogen (secondary N) is 1. The molecule has 0 rings (SSSR count). The fourth-order valence-corrected chi connectivity index (χ4v) is 0.592. The van der Waals surface area contributed by atoms with Crippen molar-refractivity contribution in [2.75, 3.05) is 34.9 Å². The highest BCUT2D eigenvalue weighted by Crippen LogP contribution is 1.88. The van der Waals surface area contributed by atoms with E-state index in [9.17, 15) is 4.79 Å². The summed E-state index contributed by atoms with van der Waals surface area (Å²) in [5, 5.41) is 2.62. The van der Waals surface area contributed by atoms with E-state index in [1.165, 1.54) is 19.1 Å². The van der Waals surface area contributed by atoms with Crippen LogP contribution in [0.2, 0.25) is 0 Å². The summed E-state index contributed by atoms with van der Waals surface area (Å²) in [6.45, 7) is 0.351. The van der Waals surface area contributed by atoms with Gasteiger partial charge in [0.1, 0.15) is 0 Å². The minimum atomic E-state index is -0.381. The molecule has 0 bridgehead atoms. The Kier molecular flexibility index (Phi) is 5.40. The summed E-state index contributed by atoms with van der Waals surface area (Å²) in [7, 11) is 6.39. The summed E-state index contributed by atoms with van der Waals surface area (Å²) in [5.74, 6) is 0. The van der Waals surface area contributed by atoms with Gasteiger partial charge in [-0.15, -0.1) is 0 Å². The third-order valence-electron chi connectivity index (χ3n) is 1.35. The van der Waals surface area contributed by atoms with Crippen LogP contribution in [0.25, 0.3) is 0 Å². The first-order chi connectivity index (χ1) is 5.61. The van der Waals surface area contributed by atoms with Gasteiger partial charge in [-0.1, -0.05) is 0 Å². The van der Waals surface area contributed by atoms with Crippen LogP contribution in [-0.2, 0) is 9.47 Å². The van der Waals surface area contributed by atoms with E-state index < -0.39 is 0 Å². The Labute approximate surface area is 72.6 Å². The van der Waals surface area contributed by atoms with Crippen LogP contribution < -0.4 is 5.32 Å². The van der Waals surface area contributed by atoms with E-state index in [-0.39, 0.29) is 12.3 Å². The van der Waals surface area contributed by atoms with Gasteiger partial charge in [0.2, 0.25) is 0 Å². The van der Waals surface area contributed by atoms with Gasteiger partial charge in [0.05, 0.1) is 6.54 Å². The summed E-state index contributed by atoms with van der Waals surface area (Å²) in [6.07, 6.45) is -0.381. The maximum absolute atomic E-state index is 11.0. The van der Waals surface area contributed by atoms with Gasteiger partial charge in [-0.3, -0.25) is 0 Å². The molecule has 0 saturated carbocycles. The molecular weight excluding hydrogens is 160 g/mol. The number of methoxy groups -OCH3 is 2. The average molecular weight is 176 g/mol. The molecule has 0 aliphatic heterocycles. The van der Waals surface area contributed by atoms with Gasteiger partial charge in [-0.05, 0) is 0 Å². The van der Waals surface area contributed by atoms with Crippen LogP contribution in [0.5, 0.6) is 0 Å². The van der Waals surface area contributed by atoms with E-state index >= 15 is 0 Å². The first-order valence-electron chi connectivity index (χ1n) is 3.62. The van der Waals surface area contributed by atoms with Crippen LogP contribution in [0, 0.1) is 0 Å². The molecule has 0 aliphatic carbocycles. The zero-order chi connectivity index (χ0) is 9.56. The normalized spacial score (nSPS) is 10.1. The summed E-state index contributed by atoms with van der Waals surface area (Å²) in [5.41, 5.74) is 0. The maximum atomic E-state index is 11.0. The standard InChI is InChI=1S/C7H16N2O3/c1-9(2)7(10)8-5-6(11-3)12-4/h6H,5H2,1-4H3,(H,8,10). The minimum Gasteiger partial charge on any atom is -0.354 e. The smallest absolute Gasteiger partial charge is 0.317 e. The van der Waals surface area contributed by atoms with Crippen molar-refractivity contribution >= 4 is 6.03 Å². The molecule has 0 aliphatic rings. The SMILES string of the molecule is COC(CNC(=O)N(C)C)OC. The van der Waals surface area contributed by atoms with Gasteiger partial charge in [-0.2, -0.15) is 0 Å². The number of hydrogen-bond donors (Lipinski definition) is 1. The highest BCUT2D eigenvalue weighted by Gasteiger charge is 2.07. The molecule has 0 heterocycles. The Morgan fingerprint density at radius 1 is 1.42 bits per heavy atom. The molecular formula is C7H16N2O3. The number of carbonyl (C=O) groups is 1. The first kappa shape index (κ1) is 11.2. The van der Waals surface area contributed by atoms with Gasteiger partial charge < -0.3 is 19.7 Å². The van der Waals surface area contributed by atoms with Crippen LogP contribution in [0.15, 0.2) is 0 Å². The monoisotopic (exact) mass is 176 g/mol. The molecule has 0 aromatic rings. The molecule has 5 heteroatoms. The molecule has 0 radical (unpaired) electrons. The number of amides is 2. The highest BCUT2D eigenvalue weighted by atomic mass is 16.7. The molecule has 0 aromatic carbocycles. The summed E-state index contributed by atoms with van der Waals surface area (Å²) < 4.78 is 9.75. The second-order valence-corrected chi connectivity index (χ2v) is 2.48. The molecule has 0 atom stereocenters. The molecule has 5 nitrogen and oxygen atoms in total. The molecule has 0 fully saturated rings. The predicted molar refractivity (Wildman–Crippen MR) is 44.9 cm³/mol. The van der Waals surface area contributed by atoms with Gasteiger partial charge >= 0.3 is 6.03 Å². The molecule has 0 spiro atoms. The van der Waals surface area contributed by atoms with Crippen molar-refractivity contribution in [3.05, 3.63) is 0 Å². The van der Waals surface area contributed by atoms with Crippen LogP contribution in [-0.4, -0.2) is 52.1 Å². The zero-order valence-electron chi connectivity index (χ0n) is 7.96. The number of rotatable bonds is 4. The third kappa shape index (κ3) is 4.15. The van der Waals surface area contributed by atoms with Crippen LogP contribution in [0.3, 0.4) is 0 Å². The van der Waals surface area contributed by atoms with Crippen molar-refractivity contribution in [3.8, 4) is 0 Å². The quantitative estimate of drug-likeness (QED) is 0.607. The number of carbonyl (C=O) groups excluding carboxylic acids is 1. The van der Waals surface area contributed by atoms with Gasteiger partial charge in [0, 0.05) is 28.3 Å². The topological polar surface area (TPSA) is 50.8 Å². The Morgan fingerprint density at radius 3 is 2.25 bits per heavy atom. The second-order valence-electron chi connectivity index (χ2n) is 2.48. The Balaban J connectivity index is 3.59. The molecule has 2 amide bonds. The molecule has 0 saturated heterocycles. The Hall–Kier alpha value is -0.810. The fraction of sp³-hybridized carbons (Fsp3) is 0.857. The number of nitrogens with zero attached hydrogens (tertiary/aromatic N) is 1. The average Bonchev–Trinajstić information content (AvgIpc) is 2.05. The molecule has 1 N–H and O–H groups in total. The lowest BCUT2D eigenvalue weighted by Crippen LogP contribution is -2.40.